The van der Waals surface area contributed by atoms with Gasteiger partial charge in [-0.3, -0.25) is 0 Å². The molecule has 4 heteroatoms. The molecule has 1 aromatic heterocycles. The molecule has 0 saturated carbocycles. The molecule has 1 aromatic carbocycles. The standard InChI is InChI=1S/C14H10ClNO2/c15-11-4-1-3-10(9-11)7-8-12-5-2-6-13(16-12)14(17)18/h1-9H,(H,17,18). The molecule has 3 nitrogen and oxygen atoms in total. The van der Waals surface area contributed by atoms with Crippen LogP contribution in [0.3, 0.4) is 0 Å². The van der Waals surface area contributed by atoms with E-state index in [4.69, 9.17) is 16.7 Å². The van der Waals surface area contributed by atoms with Crippen molar-refractivity contribution in [1.82, 2.24) is 4.98 Å². The van der Waals surface area contributed by atoms with Crippen molar-refractivity contribution in [3.8, 4) is 0 Å². The Morgan fingerprint density at radius 3 is 2.67 bits per heavy atom. The highest BCUT2D eigenvalue weighted by molar-refractivity contribution is 6.30. The van der Waals surface area contributed by atoms with Crippen LogP contribution >= 0.6 is 11.6 Å². The molecule has 18 heavy (non-hydrogen) atoms. The third kappa shape index (κ3) is 3.18. The zero-order valence-corrected chi connectivity index (χ0v) is 10.1. The predicted octanol–water partition coefficient (Wildman–Crippen LogP) is 3.60. The predicted molar refractivity (Wildman–Crippen MR) is 71.6 cm³/mol. The lowest BCUT2D eigenvalue weighted by Gasteiger charge is -1.97. The molecule has 0 amide bonds. The summed E-state index contributed by atoms with van der Waals surface area (Å²) in [4.78, 5) is 14.8. The smallest absolute Gasteiger partial charge is 0.354 e. The zero-order chi connectivity index (χ0) is 13.0. The molecule has 0 spiro atoms. The van der Waals surface area contributed by atoms with E-state index in [0.29, 0.717) is 10.7 Å². The lowest BCUT2D eigenvalue weighted by atomic mass is 10.2. The van der Waals surface area contributed by atoms with Crippen LogP contribution in [-0.2, 0) is 0 Å². The van der Waals surface area contributed by atoms with Gasteiger partial charge in [0.05, 0.1) is 5.69 Å². The second kappa shape index (κ2) is 5.47. The molecule has 0 aliphatic heterocycles. The van der Waals surface area contributed by atoms with Crippen LogP contribution in [0.1, 0.15) is 21.7 Å². The maximum atomic E-state index is 10.8. The number of carboxylic acids is 1. The lowest BCUT2D eigenvalue weighted by molar-refractivity contribution is 0.0690. The van der Waals surface area contributed by atoms with E-state index in [1.165, 1.54) is 6.07 Å². The van der Waals surface area contributed by atoms with E-state index < -0.39 is 5.97 Å². The second-order valence-electron chi connectivity index (χ2n) is 3.64. The van der Waals surface area contributed by atoms with Crippen molar-refractivity contribution in [2.24, 2.45) is 0 Å². The van der Waals surface area contributed by atoms with Crippen molar-refractivity contribution in [3.63, 3.8) is 0 Å². The molecule has 0 unspecified atom stereocenters. The number of carboxylic acid groups (broad SMARTS) is 1. The molecular formula is C14H10ClNO2. The van der Waals surface area contributed by atoms with Crippen molar-refractivity contribution in [1.29, 1.82) is 0 Å². The molecule has 2 rings (SSSR count). The zero-order valence-electron chi connectivity index (χ0n) is 9.38. The first-order chi connectivity index (χ1) is 8.65. The van der Waals surface area contributed by atoms with Crippen LogP contribution in [-0.4, -0.2) is 16.1 Å². The summed E-state index contributed by atoms with van der Waals surface area (Å²) in [6.45, 7) is 0. The molecule has 0 aliphatic carbocycles. The quantitative estimate of drug-likeness (QED) is 0.916. The highest BCUT2D eigenvalue weighted by Crippen LogP contribution is 2.13. The summed E-state index contributed by atoms with van der Waals surface area (Å²) in [5, 5.41) is 9.48. The van der Waals surface area contributed by atoms with Gasteiger partial charge in [-0.05, 0) is 35.9 Å². The molecule has 2 aromatic rings. The van der Waals surface area contributed by atoms with Crippen LogP contribution in [0.15, 0.2) is 42.5 Å². The summed E-state index contributed by atoms with van der Waals surface area (Å²) < 4.78 is 0. The van der Waals surface area contributed by atoms with Crippen LogP contribution < -0.4 is 0 Å². The maximum absolute atomic E-state index is 10.8. The monoisotopic (exact) mass is 259 g/mol. The lowest BCUT2D eigenvalue weighted by Crippen LogP contribution is -2.00. The third-order valence-corrected chi connectivity index (χ3v) is 2.52. The summed E-state index contributed by atoms with van der Waals surface area (Å²) in [6.07, 6.45) is 3.58. The second-order valence-corrected chi connectivity index (χ2v) is 4.08. The van der Waals surface area contributed by atoms with Gasteiger partial charge in [0, 0.05) is 5.02 Å². The van der Waals surface area contributed by atoms with E-state index in [2.05, 4.69) is 4.98 Å². The number of aromatic nitrogens is 1. The van der Waals surface area contributed by atoms with Gasteiger partial charge in [0.15, 0.2) is 0 Å². The summed E-state index contributed by atoms with van der Waals surface area (Å²) >= 11 is 5.87. The number of pyridine rings is 1. The molecule has 0 radical (unpaired) electrons. The molecular weight excluding hydrogens is 250 g/mol. The van der Waals surface area contributed by atoms with Gasteiger partial charge in [-0.1, -0.05) is 35.9 Å². The summed E-state index contributed by atoms with van der Waals surface area (Å²) in [5.41, 5.74) is 1.56. The Balaban J connectivity index is 2.23. The summed E-state index contributed by atoms with van der Waals surface area (Å²) in [5.74, 6) is -1.03. The molecule has 0 aliphatic rings. The maximum Gasteiger partial charge on any atom is 0.354 e. The Hall–Kier alpha value is -2.13. The highest BCUT2D eigenvalue weighted by Gasteiger charge is 2.02. The first-order valence-corrected chi connectivity index (χ1v) is 5.67. The van der Waals surface area contributed by atoms with Gasteiger partial charge in [0.25, 0.3) is 0 Å². The van der Waals surface area contributed by atoms with Crippen molar-refractivity contribution in [3.05, 3.63) is 64.4 Å². The van der Waals surface area contributed by atoms with E-state index in [-0.39, 0.29) is 5.69 Å². The van der Waals surface area contributed by atoms with Crippen LogP contribution in [0.2, 0.25) is 5.02 Å². The normalized spacial score (nSPS) is 10.7. The minimum atomic E-state index is -1.03. The summed E-state index contributed by atoms with van der Waals surface area (Å²) in [7, 11) is 0. The Morgan fingerprint density at radius 2 is 1.94 bits per heavy atom. The SMILES string of the molecule is O=C(O)c1cccc(C=Cc2cccc(Cl)c2)n1. The molecule has 0 atom stereocenters. The molecule has 90 valence electrons. The van der Waals surface area contributed by atoms with Crippen LogP contribution in [0.5, 0.6) is 0 Å². The average Bonchev–Trinajstić information content (AvgIpc) is 2.37. The van der Waals surface area contributed by atoms with Crippen LogP contribution in [0.25, 0.3) is 12.2 Å². The largest absolute Gasteiger partial charge is 0.477 e. The van der Waals surface area contributed by atoms with E-state index in [0.717, 1.165) is 5.56 Å². The molecule has 0 fully saturated rings. The Bertz CT molecular complexity index is 608. The van der Waals surface area contributed by atoms with E-state index in [9.17, 15) is 4.79 Å². The number of hydrogen-bond donors (Lipinski definition) is 1. The van der Waals surface area contributed by atoms with E-state index in [1.807, 2.05) is 24.3 Å². The van der Waals surface area contributed by atoms with E-state index in [1.54, 1.807) is 24.3 Å². The van der Waals surface area contributed by atoms with Gasteiger partial charge in [-0.2, -0.15) is 0 Å². The van der Waals surface area contributed by atoms with Gasteiger partial charge >= 0.3 is 5.97 Å². The minimum absolute atomic E-state index is 0.0308. The number of aromatic carboxylic acids is 1. The Kier molecular flexibility index (Phi) is 3.75. The van der Waals surface area contributed by atoms with E-state index >= 15 is 0 Å². The van der Waals surface area contributed by atoms with Crippen LogP contribution in [0.4, 0.5) is 0 Å². The number of benzene rings is 1. The number of halogens is 1. The average molecular weight is 260 g/mol. The molecule has 0 bridgehead atoms. The summed E-state index contributed by atoms with van der Waals surface area (Å²) in [6, 6.07) is 12.2. The van der Waals surface area contributed by atoms with Crippen molar-refractivity contribution in [2.45, 2.75) is 0 Å². The van der Waals surface area contributed by atoms with Crippen molar-refractivity contribution in [2.75, 3.05) is 0 Å². The van der Waals surface area contributed by atoms with Crippen molar-refractivity contribution < 1.29 is 9.90 Å². The van der Waals surface area contributed by atoms with Crippen molar-refractivity contribution >= 4 is 29.7 Å². The third-order valence-electron chi connectivity index (χ3n) is 2.28. The number of hydrogen-bond acceptors (Lipinski definition) is 2. The Labute approximate surface area is 109 Å². The minimum Gasteiger partial charge on any atom is -0.477 e. The fourth-order valence-corrected chi connectivity index (χ4v) is 1.65. The van der Waals surface area contributed by atoms with Gasteiger partial charge in [0.2, 0.25) is 0 Å². The highest BCUT2D eigenvalue weighted by atomic mass is 35.5. The van der Waals surface area contributed by atoms with Gasteiger partial charge in [-0.25, -0.2) is 9.78 Å². The van der Waals surface area contributed by atoms with Gasteiger partial charge in [-0.15, -0.1) is 0 Å². The molecule has 0 saturated heterocycles. The molecule has 1 N–H and O–H groups in total. The number of nitrogens with zero attached hydrogens (tertiary/aromatic N) is 1. The molecule has 1 heterocycles. The number of rotatable bonds is 3. The Morgan fingerprint density at radius 1 is 1.17 bits per heavy atom. The van der Waals surface area contributed by atoms with Gasteiger partial charge < -0.3 is 5.11 Å². The van der Waals surface area contributed by atoms with Gasteiger partial charge in [0.1, 0.15) is 5.69 Å². The fraction of sp³-hybridized carbons (Fsp3) is 0. The van der Waals surface area contributed by atoms with Crippen LogP contribution in [0, 0.1) is 0 Å². The fourth-order valence-electron chi connectivity index (χ4n) is 1.46. The first-order valence-electron chi connectivity index (χ1n) is 5.29. The first kappa shape index (κ1) is 12.3. The number of carbonyl (C=O) groups is 1. The topological polar surface area (TPSA) is 50.2 Å².